The highest BCUT2D eigenvalue weighted by Crippen LogP contribution is 2.32. The van der Waals surface area contributed by atoms with E-state index in [0.29, 0.717) is 25.6 Å². The Morgan fingerprint density at radius 1 is 0.927 bits per heavy atom. The van der Waals surface area contributed by atoms with Gasteiger partial charge in [0.1, 0.15) is 18.1 Å². The second kappa shape index (κ2) is 17.8. The van der Waals surface area contributed by atoms with Crippen LogP contribution in [0.15, 0.2) is 30.3 Å². The Balaban J connectivity index is 0.000000287. The van der Waals surface area contributed by atoms with Crippen LogP contribution < -0.4 is 14.8 Å². The average Bonchev–Trinajstić information content (AvgIpc) is 2.97. The number of aryl methyl sites for hydroxylation is 2. The number of methoxy groups -OCH3 is 1. The van der Waals surface area contributed by atoms with Crippen LogP contribution in [-0.4, -0.2) is 44.9 Å². The van der Waals surface area contributed by atoms with Gasteiger partial charge in [0, 0.05) is 36.4 Å². The molecule has 0 heterocycles. The third kappa shape index (κ3) is 10.8. The van der Waals surface area contributed by atoms with Gasteiger partial charge in [-0.3, -0.25) is 9.59 Å². The fraction of sp³-hybridized carbons (Fsp3) is 0.588. The quantitative estimate of drug-likeness (QED) is 0.197. The molecule has 0 unspecified atom stereocenters. The molecule has 1 N–H and O–H groups in total. The normalized spacial score (nSPS) is 16.5. The predicted molar refractivity (Wildman–Crippen MR) is 165 cm³/mol. The molecule has 0 aromatic heterocycles. The largest absolute Gasteiger partial charge is 0.496 e. The Morgan fingerprint density at radius 3 is 2.12 bits per heavy atom. The smallest absolute Gasteiger partial charge is 0.227 e. The van der Waals surface area contributed by atoms with Crippen LogP contribution in [0.3, 0.4) is 0 Å². The summed E-state index contributed by atoms with van der Waals surface area (Å²) in [6.07, 6.45) is 6.11. The summed E-state index contributed by atoms with van der Waals surface area (Å²) in [6, 6.07) is 9.57. The molecule has 3 rings (SSSR count). The third-order valence-corrected chi connectivity index (χ3v) is 7.74. The number of carbonyl (C=O) groups is 2. The van der Waals surface area contributed by atoms with E-state index in [1.165, 1.54) is 19.3 Å². The van der Waals surface area contributed by atoms with Gasteiger partial charge in [-0.15, -0.1) is 0 Å². The predicted octanol–water partition coefficient (Wildman–Crippen LogP) is 7.70. The van der Waals surface area contributed by atoms with Crippen LogP contribution in [0, 0.1) is 25.7 Å². The molecule has 1 fully saturated rings. The Labute approximate surface area is 247 Å². The minimum atomic E-state index is -0.382. The van der Waals surface area contributed by atoms with E-state index in [0.717, 1.165) is 58.9 Å². The van der Waals surface area contributed by atoms with Gasteiger partial charge in [-0.1, -0.05) is 26.3 Å². The van der Waals surface area contributed by atoms with E-state index in [-0.39, 0.29) is 23.9 Å². The zero-order valence-electron chi connectivity index (χ0n) is 26.4. The van der Waals surface area contributed by atoms with Gasteiger partial charge in [0.2, 0.25) is 5.91 Å². The third-order valence-electron chi connectivity index (χ3n) is 7.74. The molecule has 1 aliphatic carbocycles. The van der Waals surface area contributed by atoms with Crippen LogP contribution in [0.1, 0.15) is 93.8 Å². The van der Waals surface area contributed by atoms with Gasteiger partial charge < -0.3 is 24.3 Å². The molecule has 0 atom stereocenters. The molecule has 1 saturated carbocycles. The fourth-order valence-electron chi connectivity index (χ4n) is 5.31. The van der Waals surface area contributed by atoms with Gasteiger partial charge in [0.15, 0.2) is 12.1 Å². The molecule has 228 valence electrons. The second-order valence-corrected chi connectivity index (χ2v) is 10.6. The van der Waals surface area contributed by atoms with Crippen molar-refractivity contribution in [3.8, 4) is 11.5 Å². The van der Waals surface area contributed by atoms with Crippen molar-refractivity contribution in [3.05, 3.63) is 52.6 Å². The molecule has 0 bridgehead atoms. The first-order valence-corrected chi connectivity index (χ1v) is 15.1. The van der Waals surface area contributed by atoms with Crippen molar-refractivity contribution in [2.75, 3.05) is 32.2 Å². The molecule has 41 heavy (non-hydrogen) atoms. The van der Waals surface area contributed by atoms with E-state index in [2.05, 4.69) is 19.2 Å². The van der Waals surface area contributed by atoms with Crippen molar-refractivity contribution in [2.24, 2.45) is 11.8 Å². The summed E-state index contributed by atoms with van der Waals surface area (Å²) < 4.78 is 21.9. The Morgan fingerprint density at radius 2 is 1.59 bits per heavy atom. The highest BCUT2D eigenvalue weighted by molar-refractivity contribution is 5.96. The first kappa shape index (κ1) is 34.3. The van der Waals surface area contributed by atoms with Crippen LogP contribution >= 0.6 is 0 Å². The molecule has 1 amide bonds. The summed E-state index contributed by atoms with van der Waals surface area (Å²) in [5.41, 5.74) is 4.80. The maximum atomic E-state index is 12.3. The van der Waals surface area contributed by atoms with Gasteiger partial charge in [0.05, 0.1) is 7.11 Å². The van der Waals surface area contributed by atoms with Gasteiger partial charge in [-0.25, -0.2) is 0 Å². The van der Waals surface area contributed by atoms with Crippen LogP contribution in [0.2, 0.25) is 0 Å². The molecule has 0 spiro atoms. The summed E-state index contributed by atoms with van der Waals surface area (Å²) in [4.78, 5) is 24.1. The summed E-state index contributed by atoms with van der Waals surface area (Å²) in [7, 11) is 1.65. The molecule has 2 aromatic rings. The van der Waals surface area contributed by atoms with E-state index < -0.39 is 0 Å². The minimum absolute atomic E-state index is 0.0616. The van der Waals surface area contributed by atoms with Crippen molar-refractivity contribution < 1.29 is 28.5 Å². The molecular weight excluding hydrogens is 518 g/mol. The lowest BCUT2D eigenvalue weighted by Gasteiger charge is -2.27. The molecule has 0 aliphatic heterocycles. The van der Waals surface area contributed by atoms with Gasteiger partial charge in [-0.05, 0) is 108 Å². The highest BCUT2D eigenvalue weighted by atomic mass is 16.7. The van der Waals surface area contributed by atoms with Crippen molar-refractivity contribution in [2.45, 2.75) is 93.3 Å². The molecule has 0 saturated heterocycles. The number of benzene rings is 2. The lowest BCUT2D eigenvalue weighted by atomic mass is 9.80. The number of rotatable bonds is 13. The highest BCUT2D eigenvalue weighted by Gasteiger charge is 2.25. The number of amides is 1. The van der Waals surface area contributed by atoms with Crippen molar-refractivity contribution in [3.63, 3.8) is 0 Å². The second-order valence-electron chi connectivity index (χ2n) is 10.6. The number of Topliss-reactive ketones (excluding diaryl/α,β-unsaturated/α-hetero) is 1. The summed E-state index contributed by atoms with van der Waals surface area (Å²) in [5, 5.41) is 3.03. The van der Waals surface area contributed by atoms with Gasteiger partial charge in [-0.2, -0.15) is 0 Å². The van der Waals surface area contributed by atoms with E-state index in [9.17, 15) is 9.59 Å². The molecular formula is C34H51NO6. The van der Waals surface area contributed by atoms with E-state index in [1.54, 1.807) is 14.0 Å². The van der Waals surface area contributed by atoms with Crippen molar-refractivity contribution in [1.29, 1.82) is 0 Å². The van der Waals surface area contributed by atoms with E-state index >= 15 is 0 Å². The number of ether oxygens (including phenoxy) is 4. The molecule has 1 aliphatic rings. The maximum Gasteiger partial charge on any atom is 0.227 e. The lowest BCUT2D eigenvalue weighted by molar-refractivity contribution is -0.152. The number of carbonyl (C=O) groups excluding carboxylic acids is 2. The summed E-state index contributed by atoms with van der Waals surface area (Å²) in [6.45, 7) is 15.2. The Bertz CT molecular complexity index is 1100. The maximum absolute atomic E-state index is 12.3. The number of hydrogen-bond donors (Lipinski definition) is 1. The summed E-state index contributed by atoms with van der Waals surface area (Å²) >= 11 is 0. The first-order chi connectivity index (χ1) is 19.7. The number of ketones is 1. The SMILES string of the molecule is CCC1CCC(C(=O)Nc2ccc(C)c(OC)c2)CC1.CCOC(COc1cc(C)c(CC)c(C(C)=O)c1)OCC. The van der Waals surface area contributed by atoms with Crippen LogP contribution in [0.5, 0.6) is 11.5 Å². The van der Waals surface area contributed by atoms with Crippen molar-refractivity contribution >= 4 is 17.4 Å². The van der Waals surface area contributed by atoms with Crippen LogP contribution in [0.4, 0.5) is 5.69 Å². The Kier molecular flexibility index (Phi) is 14.9. The van der Waals surface area contributed by atoms with E-state index in [4.69, 9.17) is 18.9 Å². The lowest BCUT2D eigenvalue weighted by Crippen LogP contribution is -2.27. The molecule has 7 nitrogen and oxygen atoms in total. The van der Waals surface area contributed by atoms with Gasteiger partial charge >= 0.3 is 0 Å². The first-order valence-electron chi connectivity index (χ1n) is 15.1. The standard InChI is InChI=1S/C17H25NO2.C17H26O4/c1-4-13-6-8-14(9-7-13)17(19)18-15-10-5-12(2)16(11-15)20-3;1-6-15-12(4)9-14(10-16(15)13(5)18)21-11-17(19-7-2)20-8-3/h5,10-11,13-14H,4,6-9H2,1-3H3,(H,18,19);9-10,17H,6-8,11H2,1-5H3. The topological polar surface area (TPSA) is 83.1 Å². The fourth-order valence-corrected chi connectivity index (χ4v) is 5.31. The van der Waals surface area contributed by atoms with Crippen LogP contribution in [-0.2, 0) is 20.7 Å². The number of hydrogen-bond acceptors (Lipinski definition) is 6. The molecule has 2 aromatic carbocycles. The number of nitrogens with one attached hydrogen (secondary N) is 1. The van der Waals surface area contributed by atoms with Crippen LogP contribution in [0.25, 0.3) is 0 Å². The summed E-state index contributed by atoms with van der Waals surface area (Å²) in [5.74, 6) is 2.71. The zero-order valence-corrected chi connectivity index (χ0v) is 26.4. The minimum Gasteiger partial charge on any atom is -0.496 e. The van der Waals surface area contributed by atoms with Gasteiger partial charge in [0.25, 0.3) is 0 Å². The van der Waals surface area contributed by atoms with E-state index in [1.807, 2.05) is 58.0 Å². The zero-order chi connectivity index (χ0) is 30.4. The number of anilines is 1. The molecule has 0 radical (unpaired) electrons. The monoisotopic (exact) mass is 569 g/mol. The molecule has 7 heteroatoms. The van der Waals surface area contributed by atoms with Crippen molar-refractivity contribution in [1.82, 2.24) is 0 Å². The Hall–Kier alpha value is -2.90. The average molecular weight is 570 g/mol.